The van der Waals surface area contributed by atoms with E-state index in [-0.39, 0.29) is 5.91 Å². The summed E-state index contributed by atoms with van der Waals surface area (Å²) in [4.78, 5) is 18.7. The minimum Gasteiger partial charge on any atom is -0.497 e. The van der Waals surface area contributed by atoms with Gasteiger partial charge in [-0.1, -0.05) is 0 Å². The number of nitrogens with zero attached hydrogens (tertiary/aromatic N) is 2. The highest BCUT2D eigenvalue weighted by Crippen LogP contribution is 2.19. The molecule has 0 unspecified atom stereocenters. The highest BCUT2D eigenvalue weighted by Gasteiger charge is 2.08. The third-order valence-electron chi connectivity index (χ3n) is 4.41. The number of carbonyl (C=O) groups is 1. The monoisotopic (exact) mass is 395 g/mol. The van der Waals surface area contributed by atoms with E-state index >= 15 is 0 Å². The van der Waals surface area contributed by atoms with Crippen LogP contribution in [0.4, 0.5) is 11.4 Å². The van der Waals surface area contributed by atoms with Crippen LogP contribution in [0.5, 0.6) is 5.75 Å². The van der Waals surface area contributed by atoms with Crippen LogP contribution in [0.15, 0.2) is 65.8 Å². The fraction of sp³-hybridized carbons (Fsp3) is 0.273. The number of rotatable bonds is 9. The van der Waals surface area contributed by atoms with E-state index in [0.29, 0.717) is 5.56 Å². The lowest BCUT2D eigenvalue weighted by Crippen LogP contribution is -2.34. The van der Waals surface area contributed by atoms with Crippen LogP contribution in [0.25, 0.3) is 0 Å². The van der Waals surface area contributed by atoms with Crippen molar-refractivity contribution in [3.05, 3.63) is 66.4 Å². The van der Waals surface area contributed by atoms with E-state index in [4.69, 9.17) is 10.5 Å². The van der Waals surface area contributed by atoms with Gasteiger partial charge in [0, 0.05) is 43.6 Å². The average molecular weight is 396 g/mol. The lowest BCUT2D eigenvalue weighted by atomic mass is 10.2. The molecule has 0 aliphatic rings. The molecule has 7 nitrogen and oxygen atoms in total. The molecule has 2 rings (SSSR count). The molecule has 0 spiro atoms. The van der Waals surface area contributed by atoms with Gasteiger partial charge in [-0.25, -0.2) is 0 Å². The maximum absolute atomic E-state index is 12.4. The third-order valence-corrected chi connectivity index (χ3v) is 4.41. The number of hydrogen-bond acceptors (Lipinski definition) is 5. The van der Waals surface area contributed by atoms with E-state index in [1.54, 1.807) is 44.5 Å². The summed E-state index contributed by atoms with van der Waals surface area (Å²) in [5, 5.41) is 6.16. The fourth-order valence-corrected chi connectivity index (χ4v) is 2.79. The number of methoxy groups -OCH3 is 1. The topological polar surface area (TPSA) is 92.0 Å². The molecule has 0 aromatic heterocycles. The quantitative estimate of drug-likeness (QED) is 0.449. The molecule has 0 fully saturated rings. The van der Waals surface area contributed by atoms with Gasteiger partial charge in [-0.3, -0.25) is 9.79 Å². The molecule has 2 aromatic rings. The Morgan fingerprint density at radius 1 is 1.17 bits per heavy atom. The van der Waals surface area contributed by atoms with Gasteiger partial charge < -0.3 is 26.0 Å². The molecule has 0 radical (unpaired) electrons. The number of nitrogens with two attached hydrogens (primary N) is 1. The smallest absolute Gasteiger partial charge is 0.255 e. The van der Waals surface area contributed by atoms with Gasteiger partial charge in [0.1, 0.15) is 11.6 Å². The highest BCUT2D eigenvalue weighted by molar-refractivity contribution is 6.04. The molecular formula is C22H29N5O2. The Labute approximate surface area is 172 Å². The van der Waals surface area contributed by atoms with Gasteiger partial charge in [-0.15, -0.1) is 0 Å². The van der Waals surface area contributed by atoms with Crippen molar-refractivity contribution in [3.8, 4) is 5.75 Å². The molecule has 4 N–H and O–H groups in total. The van der Waals surface area contributed by atoms with Crippen molar-refractivity contribution in [1.29, 1.82) is 0 Å². The lowest BCUT2D eigenvalue weighted by molar-refractivity contribution is 0.102. The van der Waals surface area contributed by atoms with Crippen molar-refractivity contribution >= 4 is 23.1 Å². The summed E-state index contributed by atoms with van der Waals surface area (Å²) in [7, 11) is 3.32. The normalized spacial score (nSPS) is 11.3. The summed E-state index contributed by atoms with van der Waals surface area (Å²) < 4.78 is 5.12. The summed E-state index contributed by atoms with van der Waals surface area (Å²) in [6.45, 7) is 4.52. The van der Waals surface area contributed by atoms with Crippen molar-refractivity contribution < 1.29 is 9.53 Å². The van der Waals surface area contributed by atoms with Gasteiger partial charge in [0.2, 0.25) is 0 Å². The van der Waals surface area contributed by atoms with Crippen LogP contribution in [-0.2, 0) is 0 Å². The van der Waals surface area contributed by atoms with E-state index in [9.17, 15) is 4.79 Å². The summed E-state index contributed by atoms with van der Waals surface area (Å²) in [6.07, 6.45) is 3.20. The predicted octanol–water partition coefficient (Wildman–Crippen LogP) is 2.86. The maximum Gasteiger partial charge on any atom is 0.255 e. The molecule has 154 valence electrons. The number of aliphatic imine (C=N–C) groups is 1. The zero-order chi connectivity index (χ0) is 21.1. The minimum absolute atomic E-state index is 0.156. The van der Waals surface area contributed by atoms with Crippen LogP contribution in [0.3, 0.4) is 0 Å². The Bertz CT molecular complexity index is 829. The van der Waals surface area contributed by atoms with Crippen LogP contribution < -0.4 is 26.0 Å². The maximum atomic E-state index is 12.4. The average Bonchev–Trinajstić information content (AvgIpc) is 2.76. The highest BCUT2D eigenvalue weighted by atomic mass is 16.5. The molecular weight excluding hydrogens is 366 g/mol. The number of nitrogens with one attached hydrogen (secondary N) is 2. The minimum atomic E-state index is -0.156. The van der Waals surface area contributed by atoms with Gasteiger partial charge >= 0.3 is 0 Å². The molecule has 0 aliphatic heterocycles. The number of ether oxygens (including phenoxy) is 1. The number of amidine groups is 1. The van der Waals surface area contributed by atoms with Gasteiger partial charge in [-0.2, -0.15) is 0 Å². The van der Waals surface area contributed by atoms with E-state index in [1.165, 1.54) is 6.20 Å². The first kappa shape index (κ1) is 21.8. The number of likely N-dealkylation sites (N-methyl/N-ethyl adjacent to an activating group) is 1. The molecule has 0 aliphatic carbocycles. The molecule has 7 heteroatoms. The van der Waals surface area contributed by atoms with Crippen molar-refractivity contribution in [3.63, 3.8) is 0 Å². The van der Waals surface area contributed by atoms with Gasteiger partial charge in [0.25, 0.3) is 5.91 Å². The van der Waals surface area contributed by atoms with Crippen LogP contribution in [0.2, 0.25) is 0 Å². The first-order chi connectivity index (χ1) is 14.1. The second kappa shape index (κ2) is 11.4. The zero-order valence-corrected chi connectivity index (χ0v) is 17.2. The molecule has 1 amide bonds. The molecule has 0 bridgehead atoms. The van der Waals surface area contributed by atoms with Gasteiger partial charge in [0.05, 0.1) is 7.11 Å². The number of anilines is 2. The van der Waals surface area contributed by atoms with Crippen molar-refractivity contribution in [1.82, 2.24) is 5.32 Å². The van der Waals surface area contributed by atoms with Crippen LogP contribution >= 0.6 is 0 Å². The summed E-state index contributed by atoms with van der Waals surface area (Å²) in [5.74, 6) is 1.31. The number of hydrogen-bond donors (Lipinski definition) is 3. The predicted molar refractivity (Wildman–Crippen MR) is 120 cm³/mol. The second-order valence-electron chi connectivity index (χ2n) is 6.20. The lowest BCUT2D eigenvalue weighted by Gasteiger charge is -2.23. The van der Waals surface area contributed by atoms with Gasteiger partial charge in [-0.05, 0) is 67.7 Å². The third kappa shape index (κ3) is 6.57. The number of carbonyl (C=O) groups excluding carboxylic acids is 1. The molecule has 0 saturated heterocycles. The largest absolute Gasteiger partial charge is 0.497 e. The molecule has 0 saturated carbocycles. The van der Waals surface area contributed by atoms with Gasteiger partial charge in [0.15, 0.2) is 0 Å². The Hall–Kier alpha value is -3.48. The summed E-state index contributed by atoms with van der Waals surface area (Å²) in [5.41, 5.74) is 7.82. The molecule has 29 heavy (non-hydrogen) atoms. The zero-order valence-electron chi connectivity index (χ0n) is 17.2. The van der Waals surface area contributed by atoms with E-state index in [0.717, 1.165) is 42.6 Å². The number of benzene rings is 2. The Morgan fingerprint density at radius 2 is 1.86 bits per heavy atom. The Kier molecular flexibility index (Phi) is 8.56. The van der Waals surface area contributed by atoms with Crippen LogP contribution in [-0.4, -0.2) is 45.5 Å². The summed E-state index contributed by atoms with van der Waals surface area (Å²) >= 11 is 0. The molecule has 2 aromatic carbocycles. The molecule has 0 heterocycles. The van der Waals surface area contributed by atoms with E-state index in [1.807, 2.05) is 24.3 Å². The summed E-state index contributed by atoms with van der Waals surface area (Å²) in [6, 6.07) is 14.8. The Morgan fingerprint density at radius 3 is 2.41 bits per heavy atom. The van der Waals surface area contributed by atoms with E-state index < -0.39 is 0 Å². The van der Waals surface area contributed by atoms with Crippen molar-refractivity contribution in [2.75, 3.05) is 44.0 Å². The van der Waals surface area contributed by atoms with Crippen molar-refractivity contribution in [2.45, 2.75) is 6.92 Å². The van der Waals surface area contributed by atoms with E-state index in [2.05, 4.69) is 27.4 Å². The van der Waals surface area contributed by atoms with Crippen LogP contribution in [0.1, 0.15) is 17.3 Å². The molecule has 0 atom stereocenters. The second-order valence-corrected chi connectivity index (χ2v) is 6.20. The standard InChI is InChI=1S/C22H29N5O2/c1-4-27(16-15-25-21(24-2)13-14-23)19-9-7-18(8-10-19)26-22(28)17-5-11-20(29-3)12-6-17/h5-14H,4,15-16,23H2,1-3H3,(H,24,25)(H,26,28)/b14-13-. The van der Waals surface area contributed by atoms with Crippen LogP contribution in [0, 0.1) is 0 Å². The SMILES string of the molecule is CCN(CCNC(/C=C\N)=NC)c1ccc(NC(=O)c2ccc(OC)cc2)cc1. The number of amides is 1. The Balaban J connectivity index is 1.93. The first-order valence-corrected chi connectivity index (χ1v) is 9.50. The van der Waals surface area contributed by atoms with Crippen molar-refractivity contribution in [2.24, 2.45) is 10.7 Å². The first-order valence-electron chi connectivity index (χ1n) is 9.50. The fourth-order valence-electron chi connectivity index (χ4n) is 2.79.